The molecule has 1 amide bonds. The molecule has 0 saturated heterocycles. The highest BCUT2D eigenvalue weighted by molar-refractivity contribution is 5.88. The molecule has 0 bridgehead atoms. The minimum absolute atomic E-state index is 0.0998. The molecule has 0 aliphatic rings. The summed E-state index contributed by atoms with van der Waals surface area (Å²) in [5, 5.41) is 3.66. The van der Waals surface area contributed by atoms with Gasteiger partial charge in [0.1, 0.15) is 12.3 Å². The first kappa shape index (κ1) is 13.0. The highest BCUT2D eigenvalue weighted by Crippen LogP contribution is 2.26. The highest BCUT2D eigenvalue weighted by Gasteiger charge is 2.08. The van der Waals surface area contributed by atoms with Gasteiger partial charge in [-0.15, -0.1) is 6.42 Å². The van der Waals surface area contributed by atoms with E-state index in [1.54, 1.807) is 0 Å². The molecule has 1 heterocycles. The fourth-order valence-electron chi connectivity index (χ4n) is 1.97. The number of nitrogens with one attached hydrogen (secondary N) is 1. The van der Waals surface area contributed by atoms with Gasteiger partial charge in [-0.1, -0.05) is 12.0 Å². The number of rotatable bonds is 5. The minimum atomic E-state index is -0.0998. The van der Waals surface area contributed by atoms with Crippen LogP contribution in [0.2, 0.25) is 0 Å². The van der Waals surface area contributed by atoms with Crippen LogP contribution in [0, 0.1) is 12.3 Å². The van der Waals surface area contributed by atoms with E-state index in [0.717, 1.165) is 16.7 Å². The summed E-state index contributed by atoms with van der Waals surface area (Å²) in [6, 6.07) is 7.76. The summed E-state index contributed by atoms with van der Waals surface area (Å²) in [7, 11) is 0. The maximum absolute atomic E-state index is 11.7. The summed E-state index contributed by atoms with van der Waals surface area (Å²) in [6.07, 6.45) is 6.98. The number of fused-ring (bicyclic) bond motifs is 1. The summed E-state index contributed by atoms with van der Waals surface area (Å²) in [4.78, 5) is 11.7. The Kier molecular flexibility index (Phi) is 4.09. The van der Waals surface area contributed by atoms with Gasteiger partial charge in [-0.25, -0.2) is 0 Å². The molecule has 1 aromatic heterocycles. The van der Waals surface area contributed by atoms with Crippen molar-refractivity contribution in [3.05, 3.63) is 30.5 Å². The highest BCUT2D eigenvalue weighted by atomic mass is 16.5. The lowest BCUT2D eigenvalue weighted by molar-refractivity contribution is -0.121. The van der Waals surface area contributed by atoms with E-state index in [1.807, 2.05) is 42.0 Å². The smallest absolute Gasteiger partial charge is 0.240 e. The van der Waals surface area contributed by atoms with Crippen LogP contribution in [0.4, 0.5) is 0 Å². The SMILES string of the molecule is C#CCNC(=O)Cn1ccc2c(OCC)cccc21. The van der Waals surface area contributed by atoms with E-state index >= 15 is 0 Å². The number of hydrogen-bond acceptors (Lipinski definition) is 2. The van der Waals surface area contributed by atoms with Gasteiger partial charge >= 0.3 is 0 Å². The molecule has 0 unspecified atom stereocenters. The monoisotopic (exact) mass is 256 g/mol. The molecule has 0 aliphatic heterocycles. The Morgan fingerprint density at radius 2 is 2.32 bits per heavy atom. The number of terminal acetylenes is 1. The van der Waals surface area contributed by atoms with Crippen LogP contribution in [0.5, 0.6) is 5.75 Å². The predicted octanol–water partition coefficient (Wildman–Crippen LogP) is 1.79. The first-order valence-electron chi connectivity index (χ1n) is 6.17. The molecular weight excluding hydrogens is 240 g/mol. The van der Waals surface area contributed by atoms with Crippen LogP contribution in [0.3, 0.4) is 0 Å². The lowest BCUT2D eigenvalue weighted by atomic mass is 10.2. The summed E-state index contributed by atoms with van der Waals surface area (Å²) >= 11 is 0. The second kappa shape index (κ2) is 5.96. The van der Waals surface area contributed by atoms with Crippen molar-refractivity contribution in [2.45, 2.75) is 13.5 Å². The van der Waals surface area contributed by atoms with Crippen molar-refractivity contribution in [2.24, 2.45) is 0 Å². The van der Waals surface area contributed by atoms with Gasteiger partial charge in [0.2, 0.25) is 5.91 Å². The topological polar surface area (TPSA) is 43.3 Å². The van der Waals surface area contributed by atoms with Gasteiger partial charge in [0.05, 0.1) is 18.7 Å². The van der Waals surface area contributed by atoms with E-state index in [2.05, 4.69) is 11.2 Å². The molecule has 1 aromatic carbocycles. The molecule has 0 radical (unpaired) electrons. The zero-order chi connectivity index (χ0) is 13.7. The first-order valence-corrected chi connectivity index (χ1v) is 6.17. The number of nitrogens with zero attached hydrogens (tertiary/aromatic N) is 1. The molecule has 0 saturated carbocycles. The number of aromatic nitrogens is 1. The van der Waals surface area contributed by atoms with E-state index in [9.17, 15) is 4.79 Å². The summed E-state index contributed by atoms with van der Waals surface area (Å²) in [5.74, 6) is 3.12. The zero-order valence-corrected chi connectivity index (χ0v) is 10.8. The Hall–Kier alpha value is -2.41. The van der Waals surface area contributed by atoms with Crippen LogP contribution in [0.1, 0.15) is 6.92 Å². The van der Waals surface area contributed by atoms with Crippen molar-refractivity contribution in [2.75, 3.05) is 13.2 Å². The third kappa shape index (κ3) is 2.89. The van der Waals surface area contributed by atoms with Gasteiger partial charge in [-0.3, -0.25) is 4.79 Å². The molecule has 4 nitrogen and oxygen atoms in total. The average molecular weight is 256 g/mol. The first-order chi connectivity index (χ1) is 9.26. The van der Waals surface area contributed by atoms with E-state index in [4.69, 9.17) is 11.2 Å². The van der Waals surface area contributed by atoms with E-state index < -0.39 is 0 Å². The van der Waals surface area contributed by atoms with Crippen molar-refractivity contribution in [1.82, 2.24) is 9.88 Å². The summed E-state index contributed by atoms with van der Waals surface area (Å²) < 4.78 is 7.44. The number of hydrogen-bond donors (Lipinski definition) is 1. The van der Waals surface area contributed by atoms with Crippen LogP contribution in [0.25, 0.3) is 10.9 Å². The molecule has 98 valence electrons. The average Bonchev–Trinajstić information content (AvgIpc) is 2.81. The molecule has 0 aliphatic carbocycles. The fourth-order valence-corrected chi connectivity index (χ4v) is 1.97. The molecule has 0 spiro atoms. The Labute approximate surface area is 112 Å². The Morgan fingerprint density at radius 1 is 1.47 bits per heavy atom. The lowest BCUT2D eigenvalue weighted by Crippen LogP contribution is -2.27. The fraction of sp³-hybridized carbons (Fsp3) is 0.267. The standard InChI is InChI=1S/C15H16N2O2/c1-3-9-16-15(18)11-17-10-8-12-13(17)6-5-7-14(12)19-4-2/h1,5-8,10H,4,9,11H2,2H3,(H,16,18). The van der Waals surface area contributed by atoms with Crippen LogP contribution >= 0.6 is 0 Å². The zero-order valence-electron chi connectivity index (χ0n) is 10.8. The molecular formula is C15H16N2O2. The molecule has 2 rings (SSSR count). The molecule has 4 heteroatoms. The number of amides is 1. The third-order valence-electron chi connectivity index (χ3n) is 2.78. The maximum Gasteiger partial charge on any atom is 0.240 e. The molecule has 19 heavy (non-hydrogen) atoms. The second-order valence-corrected chi connectivity index (χ2v) is 4.05. The van der Waals surface area contributed by atoms with E-state index in [-0.39, 0.29) is 19.0 Å². The van der Waals surface area contributed by atoms with Crippen LogP contribution in [0.15, 0.2) is 30.5 Å². The van der Waals surface area contributed by atoms with Gasteiger partial charge in [-0.05, 0) is 25.1 Å². The Morgan fingerprint density at radius 3 is 3.05 bits per heavy atom. The normalized spacial score (nSPS) is 10.1. The van der Waals surface area contributed by atoms with Crippen LogP contribution < -0.4 is 10.1 Å². The van der Waals surface area contributed by atoms with Gasteiger partial charge < -0.3 is 14.6 Å². The molecule has 1 N–H and O–H groups in total. The van der Waals surface area contributed by atoms with Gasteiger partial charge in [-0.2, -0.15) is 0 Å². The lowest BCUT2D eigenvalue weighted by Gasteiger charge is -2.07. The van der Waals surface area contributed by atoms with E-state index in [1.165, 1.54) is 0 Å². The van der Waals surface area contributed by atoms with Crippen LogP contribution in [-0.4, -0.2) is 23.6 Å². The van der Waals surface area contributed by atoms with Crippen molar-refractivity contribution in [1.29, 1.82) is 0 Å². The maximum atomic E-state index is 11.7. The molecule has 2 aromatic rings. The van der Waals surface area contributed by atoms with Crippen molar-refractivity contribution < 1.29 is 9.53 Å². The van der Waals surface area contributed by atoms with Gasteiger partial charge in [0.25, 0.3) is 0 Å². The number of carbonyl (C=O) groups excluding carboxylic acids is 1. The van der Waals surface area contributed by atoms with Gasteiger partial charge in [0.15, 0.2) is 0 Å². The van der Waals surface area contributed by atoms with Crippen molar-refractivity contribution in [3.63, 3.8) is 0 Å². The van der Waals surface area contributed by atoms with E-state index in [0.29, 0.717) is 6.61 Å². The quantitative estimate of drug-likeness (QED) is 0.829. The Balaban J connectivity index is 2.23. The predicted molar refractivity (Wildman–Crippen MR) is 74.9 cm³/mol. The number of carbonyl (C=O) groups is 1. The number of benzene rings is 1. The minimum Gasteiger partial charge on any atom is -0.493 e. The number of ether oxygens (including phenoxy) is 1. The molecule has 0 atom stereocenters. The summed E-state index contributed by atoms with van der Waals surface area (Å²) in [5.41, 5.74) is 0.974. The molecule has 0 fully saturated rings. The largest absolute Gasteiger partial charge is 0.493 e. The Bertz CT molecular complexity index is 623. The second-order valence-electron chi connectivity index (χ2n) is 4.05. The van der Waals surface area contributed by atoms with Crippen molar-refractivity contribution >= 4 is 16.8 Å². The van der Waals surface area contributed by atoms with Crippen molar-refractivity contribution in [3.8, 4) is 18.1 Å². The van der Waals surface area contributed by atoms with Gasteiger partial charge in [0, 0.05) is 11.6 Å². The third-order valence-corrected chi connectivity index (χ3v) is 2.78. The summed E-state index contributed by atoms with van der Waals surface area (Å²) in [6.45, 7) is 3.07. The van der Waals surface area contributed by atoms with Crippen LogP contribution in [-0.2, 0) is 11.3 Å².